The van der Waals surface area contributed by atoms with E-state index in [0.717, 1.165) is 92.9 Å². The van der Waals surface area contributed by atoms with Gasteiger partial charge >= 0.3 is 6.18 Å². The predicted octanol–water partition coefficient (Wildman–Crippen LogP) is 4.53. The van der Waals surface area contributed by atoms with Crippen LogP contribution in [0.1, 0.15) is 59.8 Å². The van der Waals surface area contributed by atoms with Gasteiger partial charge in [0, 0.05) is 50.3 Å². The van der Waals surface area contributed by atoms with Gasteiger partial charge in [-0.3, -0.25) is 4.79 Å². The number of rotatable bonds is 3. The van der Waals surface area contributed by atoms with Crippen molar-refractivity contribution in [3.05, 3.63) is 46.6 Å². The number of hydrogen-bond donors (Lipinski definition) is 0. The number of aromatic nitrogens is 2. The molecule has 0 N–H and O–H groups in total. The van der Waals surface area contributed by atoms with E-state index in [9.17, 15) is 18.0 Å². The van der Waals surface area contributed by atoms with Crippen molar-refractivity contribution in [2.45, 2.75) is 51.7 Å². The Kier molecular flexibility index (Phi) is 6.12. The summed E-state index contributed by atoms with van der Waals surface area (Å²) in [5.41, 5.74) is 1.47. The van der Waals surface area contributed by atoms with Crippen molar-refractivity contribution in [1.29, 1.82) is 0 Å². The highest BCUT2D eigenvalue weighted by Crippen LogP contribution is 2.33. The van der Waals surface area contributed by atoms with Gasteiger partial charge in [-0.05, 0) is 55.9 Å². The largest absolute Gasteiger partial charge is 0.416 e. The molecule has 1 aromatic carbocycles. The van der Waals surface area contributed by atoms with Gasteiger partial charge in [0.25, 0.3) is 5.91 Å². The van der Waals surface area contributed by atoms with Gasteiger partial charge < -0.3 is 14.7 Å². The molecule has 1 amide bonds. The third-order valence-corrected chi connectivity index (χ3v) is 7.25. The van der Waals surface area contributed by atoms with Crippen molar-refractivity contribution < 1.29 is 18.0 Å². The Bertz CT molecular complexity index is 1040. The van der Waals surface area contributed by atoms with Crippen molar-refractivity contribution in [1.82, 2.24) is 14.9 Å². The van der Waals surface area contributed by atoms with E-state index >= 15 is 0 Å². The zero-order valence-electron chi connectivity index (χ0n) is 19.4. The molecular weight excluding hydrogens is 443 g/mol. The molecule has 2 saturated heterocycles. The minimum Gasteiger partial charge on any atom is -0.356 e. The fraction of sp³-hybridized carbons (Fsp3) is 0.560. The summed E-state index contributed by atoms with van der Waals surface area (Å²) in [6.45, 7) is 6.93. The molecule has 2 fully saturated rings. The van der Waals surface area contributed by atoms with Crippen LogP contribution in [0.15, 0.2) is 24.3 Å². The molecule has 34 heavy (non-hydrogen) atoms. The summed E-state index contributed by atoms with van der Waals surface area (Å²) in [5.74, 6) is 2.16. The van der Waals surface area contributed by atoms with Crippen molar-refractivity contribution in [3.63, 3.8) is 0 Å². The highest BCUT2D eigenvalue weighted by Gasteiger charge is 2.32. The lowest BCUT2D eigenvalue weighted by atomic mass is 9.99. The molecule has 1 aromatic heterocycles. The number of carbonyl (C=O) groups excluding carboxylic acids is 1. The van der Waals surface area contributed by atoms with E-state index in [1.807, 2.05) is 0 Å². The van der Waals surface area contributed by atoms with Crippen LogP contribution in [-0.2, 0) is 19.1 Å². The number of fused-ring (bicyclic) bond motifs is 1. The molecule has 3 aliphatic heterocycles. The number of amides is 1. The molecule has 0 radical (unpaired) electrons. The second-order valence-electron chi connectivity index (χ2n) is 9.69. The Morgan fingerprint density at radius 1 is 0.941 bits per heavy atom. The number of anilines is 2. The van der Waals surface area contributed by atoms with Gasteiger partial charge in [-0.15, -0.1) is 0 Å². The first kappa shape index (κ1) is 22.9. The molecule has 9 heteroatoms. The van der Waals surface area contributed by atoms with Crippen molar-refractivity contribution >= 4 is 17.7 Å². The fourth-order valence-corrected chi connectivity index (χ4v) is 5.08. The van der Waals surface area contributed by atoms with Crippen molar-refractivity contribution in [3.8, 4) is 0 Å². The van der Waals surface area contributed by atoms with Crippen molar-refractivity contribution in [2.75, 3.05) is 42.5 Å². The number of benzene rings is 1. The molecule has 0 spiro atoms. The van der Waals surface area contributed by atoms with E-state index < -0.39 is 11.7 Å². The highest BCUT2D eigenvalue weighted by atomic mass is 19.4. The van der Waals surface area contributed by atoms with Crippen LogP contribution in [0.4, 0.5) is 24.9 Å². The topological polar surface area (TPSA) is 52.6 Å². The van der Waals surface area contributed by atoms with Crippen LogP contribution in [0.5, 0.6) is 0 Å². The first-order valence-corrected chi connectivity index (χ1v) is 12.2. The summed E-state index contributed by atoms with van der Waals surface area (Å²) in [7, 11) is 0. The number of carbonyl (C=O) groups is 1. The van der Waals surface area contributed by atoms with Crippen LogP contribution >= 0.6 is 0 Å². The average Bonchev–Trinajstić information content (AvgIpc) is 3.37. The number of alkyl halides is 3. The van der Waals surface area contributed by atoms with Crippen LogP contribution < -0.4 is 9.80 Å². The zero-order valence-corrected chi connectivity index (χ0v) is 19.4. The Balaban J connectivity index is 1.41. The predicted molar refractivity (Wildman–Crippen MR) is 124 cm³/mol. The van der Waals surface area contributed by atoms with Gasteiger partial charge in [-0.25, -0.2) is 4.98 Å². The summed E-state index contributed by atoms with van der Waals surface area (Å²) >= 11 is 0. The summed E-state index contributed by atoms with van der Waals surface area (Å²) < 4.78 is 38.7. The van der Waals surface area contributed by atoms with Crippen LogP contribution in [0.3, 0.4) is 0 Å². The summed E-state index contributed by atoms with van der Waals surface area (Å²) in [6, 6.07) is 4.46. The first-order valence-electron chi connectivity index (χ1n) is 12.2. The first-order chi connectivity index (χ1) is 16.3. The van der Waals surface area contributed by atoms with E-state index in [1.54, 1.807) is 4.90 Å². The minimum absolute atomic E-state index is 0.263. The monoisotopic (exact) mass is 473 g/mol. The molecule has 0 aliphatic carbocycles. The normalized spacial score (nSPS) is 19.5. The van der Waals surface area contributed by atoms with Crippen LogP contribution in [-0.4, -0.2) is 53.5 Å². The Hall–Kier alpha value is -2.84. The SMILES string of the molecule is CC1CCN(c2nc3c(c(N4CCCC4)n2)CN(C(=O)c2ccc(C(F)(F)F)cc2)CC3)CC1. The van der Waals surface area contributed by atoms with E-state index in [4.69, 9.17) is 9.97 Å². The lowest BCUT2D eigenvalue weighted by Crippen LogP contribution is -2.39. The van der Waals surface area contributed by atoms with Crippen LogP contribution in [0.2, 0.25) is 0 Å². The zero-order chi connectivity index (χ0) is 23.9. The highest BCUT2D eigenvalue weighted by molar-refractivity contribution is 5.94. The Labute approximate surface area is 197 Å². The molecule has 6 nitrogen and oxygen atoms in total. The fourth-order valence-electron chi connectivity index (χ4n) is 5.08. The molecule has 0 saturated carbocycles. The van der Waals surface area contributed by atoms with Gasteiger partial charge in [-0.2, -0.15) is 18.2 Å². The van der Waals surface area contributed by atoms with E-state index in [2.05, 4.69) is 16.7 Å². The molecule has 2 aromatic rings. The Morgan fingerprint density at radius 3 is 2.26 bits per heavy atom. The Morgan fingerprint density at radius 2 is 1.62 bits per heavy atom. The number of hydrogen-bond acceptors (Lipinski definition) is 5. The lowest BCUT2D eigenvalue weighted by Gasteiger charge is -2.35. The van der Waals surface area contributed by atoms with Crippen molar-refractivity contribution in [2.24, 2.45) is 5.92 Å². The van der Waals surface area contributed by atoms with E-state index in [1.165, 1.54) is 12.1 Å². The smallest absolute Gasteiger partial charge is 0.356 e. The van der Waals surface area contributed by atoms with Gasteiger partial charge in [-0.1, -0.05) is 6.92 Å². The number of piperidine rings is 1. The summed E-state index contributed by atoms with van der Waals surface area (Å²) in [6.07, 6.45) is 0.691. The standard InChI is InChI=1S/C25H30F3N5O/c1-17-8-13-32(14-9-17)24-29-21-10-15-33(16-20(21)22(30-24)31-11-2-3-12-31)23(34)18-4-6-19(7-5-18)25(26,27)28/h4-7,17H,2-3,8-16H2,1H3. The molecule has 182 valence electrons. The molecule has 0 unspecified atom stereocenters. The third kappa shape index (κ3) is 4.57. The lowest BCUT2D eigenvalue weighted by molar-refractivity contribution is -0.137. The van der Waals surface area contributed by atoms with Gasteiger partial charge in [0.05, 0.1) is 17.8 Å². The molecular formula is C25H30F3N5O. The van der Waals surface area contributed by atoms with E-state index in [0.29, 0.717) is 19.5 Å². The molecule has 0 bridgehead atoms. The third-order valence-electron chi connectivity index (χ3n) is 7.25. The molecule has 5 rings (SSSR count). The number of halogens is 3. The summed E-state index contributed by atoms with van der Waals surface area (Å²) in [5, 5.41) is 0. The second-order valence-corrected chi connectivity index (χ2v) is 9.69. The van der Waals surface area contributed by atoms with E-state index in [-0.39, 0.29) is 11.5 Å². The minimum atomic E-state index is -4.42. The van der Waals surface area contributed by atoms with Crippen LogP contribution in [0, 0.1) is 5.92 Å². The molecule has 3 aliphatic rings. The van der Waals surface area contributed by atoms with Crippen LogP contribution in [0.25, 0.3) is 0 Å². The van der Waals surface area contributed by atoms with Gasteiger partial charge in [0.2, 0.25) is 5.95 Å². The van der Waals surface area contributed by atoms with Gasteiger partial charge in [0.1, 0.15) is 5.82 Å². The molecule has 4 heterocycles. The maximum atomic E-state index is 13.1. The maximum absolute atomic E-state index is 13.1. The summed E-state index contributed by atoms with van der Waals surface area (Å²) in [4.78, 5) is 29.3. The second kappa shape index (κ2) is 9.07. The number of nitrogens with zero attached hydrogens (tertiary/aromatic N) is 5. The van der Waals surface area contributed by atoms with Gasteiger partial charge in [0.15, 0.2) is 0 Å². The maximum Gasteiger partial charge on any atom is 0.416 e. The molecule has 0 atom stereocenters. The average molecular weight is 474 g/mol. The quantitative estimate of drug-likeness (QED) is 0.656.